The Morgan fingerprint density at radius 3 is 2.60 bits per heavy atom. The Kier molecular flexibility index (Phi) is 5.46. The van der Waals surface area contributed by atoms with Gasteiger partial charge in [0.05, 0.1) is 9.82 Å². The van der Waals surface area contributed by atoms with E-state index in [1.54, 1.807) is 0 Å². The second kappa shape index (κ2) is 6.67. The van der Waals surface area contributed by atoms with E-state index in [0.29, 0.717) is 6.42 Å². The molecular weight excluding hydrogens is 308 g/mol. The van der Waals surface area contributed by atoms with E-state index in [0.717, 1.165) is 24.6 Å². The zero-order valence-corrected chi connectivity index (χ0v) is 12.2. The fourth-order valence-electron chi connectivity index (χ4n) is 1.47. The van der Waals surface area contributed by atoms with Crippen LogP contribution in [0, 0.1) is 10.1 Å². The molecule has 0 saturated carbocycles. The quantitative estimate of drug-likeness (QED) is 0.492. The Balaban J connectivity index is 3.09. The van der Waals surface area contributed by atoms with E-state index in [9.17, 15) is 23.3 Å². The monoisotopic (exact) mass is 320 g/mol. The van der Waals surface area contributed by atoms with Crippen LogP contribution < -0.4 is 5.32 Å². The predicted octanol–water partition coefficient (Wildman–Crippen LogP) is 2.65. The molecule has 1 aromatic rings. The summed E-state index contributed by atoms with van der Waals surface area (Å²) < 4.78 is 22.3. The third kappa shape index (κ3) is 4.46. The number of benzene rings is 1. The molecule has 0 saturated heterocycles. The summed E-state index contributed by atoms with van der Waals surface area (Å²) >= 11 is 0. The maximum Gasteiger partial charge on any atom is 0.294 e. The lowest BCUT2D eigenvalue weighted by molar-refractivity contribution is -0.384. The highest BCUT2D eigenvalue weighted by Gasteiger charge is 2.20. The zero-order chi connectivity index (χ0) is 15.3. The summed E-state index contributed by atoms with van der Waals surface area (Å²) in [6, 6.07) is 3.07. The maximum absolute atomic E-state index is 11.5. The van der Waals surface area contributed by atoms with Gasteiger partial charge in [-0.3, -0.25) is 14.9 Å². The largest absolute Gasteiger partial charge is 0.320 e. The van der Waals surface area contributed by atoms with Gasteiger partial charge in [0, 0.05) is 23.2 Å². The summed E-state index contributed by atoms with van der Waals surface area (Å²) in [5.74, 6) is -0.364. The van der Waals surface area contributed by atoms with Crippen molar-refractivity contribution in [3.8, 4) is 0 Å². The third-order valence-electron chi connectivity index (χ3n) is 2.48. The van der Waals surface area contributed by atoms with Crippen LogP contribution in [-0.2, 0) is 13.8 Å². The molecule has 1 amide bonds. The van der Waals surface area contributed by atoms with Crippen LogP contribution in [0.25, 0.3) is 0 Å². The normalized spacial score (nSPS) is 11.1. The number of halogens is 1. The smallest absolute Gasteiger partial charge is 0.294 e. The molecule has 110 valence electrons. The minimum atomic E-state index is -4.06. The third-order valence-corrected chi connectivity index (χ3v) is 3.83. The summed E-state index contributed by atoms with van der Waals surface area (Å²) in [6.45, 7) is 1.91. The first-order valence-electron chi connectivity index (χ1n) is 5.78. The van der Waals surface area contributed by atoms with Gasteiger partial charge in [0.2, 0.25) is 5.91 Å². The second-order valence-electron chi connectivity index (χ2n) is 4.03. The summed E-state index contributed by atoms with van der Waals surface area (Å²) in [5, 5.41) is 13.3. The molecule has 0 spiro atoms. The van der Waals surface area contributed by atoms with Gasteiger partial charge in [-0.2, -0.15) is 0 Å². The van der Waals surface area contributed by atoms with E-state index in [4.69, 9.17) is 10.7 Å². The van der Waals surface area contributed by atoms with Crippen molar-refractivity contribution >= 4 is 37.0 Å². The number of hydrogen-bond donors (Lipinski definition) is 1. The molecule has 1 rings (SSSR count). The van der Waals surface area contributed by atoms with Crippen molar-refractivity contribution in [2.45, 2.75) is 31.1 Å². The van der Waals surface area contributed by atoms with Crippen molar-refractivity contribution in [2.24, 2.45) is 0 Å². The van der Waals surface area contributed by atoms with Gasteiger partial charge in [0.1, 0.15) is 5.69 Å². The first kappa shape index (κ1) is 16.4. The van der Waals surface area contributed by atoms with Crippen molar-refractivity contribution in [2.75, 3.05) is 5.32 Å². The van der Waals surface area contributed by atoms with Crippen LogP contribution in [0.15, 0.2) is 23.1 Å². The summed E-state index contributed by atoms with van der Waals surface area (Å²) in [7, 11) is 1.06. The molecule has 0 radical (unpaired) electrons. The van der Waals surface area contributed by atoms with Gasteiger partial charge in [0.25, 0.3) is 14.7 Å². The SMILES string of the molecule is CCCCC(=O)Nc1ccc(S(=O)(=O)Cl)cc1[N+](=O)[O-]. The number of amides is 1. The van der Waals surface area contributed by atoms with E-state index >= 15 is 0 Å². The standard InChI is InChI=1S/C11H13ClN2O5S/c1-2-3-4-11(15)13-9-6-5-8(20(12,18)19)7-10(9)14(16)17/h5-7H,2-4H2,1H3,(H,13,15). The topological polar surface area (TPSA) is 106 Å². The Morgan fingerprint density at radius 2 is 2.10 bits per heavy atom. The van der Waals surface area contributed by atoms with Crippen LogP contribution in [0.4, 0.5) is 11.4 Å². The van der Waals surface area contributed by atoms with Crippen LogP contribution >= 0.6 is 10.7 Å². The molecule has 0 aromatic heterocycles. The first-order valence-corrected chi connectivity index (χ1v) is 8.09. The molecule has 9 heteroatoms. The molecule has 7 nitrogen and oxygen atoms in total. The summed E-state index contributed by atoms with van der Waals surface area (Å²) in [4.78, 5) is 21.3. The Morgan fingerprint density at radius 1 is 1.45 bits per heavy atom. The van der Waals surface area contributed by atoms with Crippen LogP contribution in [0.1, 0.15) is 26.2 Å². The molecule has 1 aromatic carbocycles. The van der Waals surface area contributed by atoms with Crippen LogP contribution in [0.3, 0.4) is 0 Å². The van der Waals surface area contributed by atoms with Gasteiger partial charge in [-0.05, 0) is 18.6 Å². The van der Waals surface area contributed by atoms with Crippen LogP contribution in [0.5, 0.6) is 0 Å². The molecule has 0 aliphatic carbocycles. The lowest BCUT2D eigenvalue weighted by Gasteiger charge is -2.06. The van der Waals surface area contributed by atoms with Crippen molar-refractivity contribution < 1.29 is 18.1 Å². The Hall–Kier alpha value is -1.67. The number of nitrogens with zero attached hydrogens (tertiary/aromatic N) is 1. The average molecular weight is 321 g/mol. The van der Waals surface area contributed by atoms with Crippen molar-refractivity contribution in [1.82, 2.24) is 0 Å². The molecule has 20 heavy (non-hydrogen) atoms. The summed E-state index contributed by atoms with van der Waals surface area (Å²) in [6.07, 6.45) is 1.72. The molecule has 0 atom stereocenters. The Labute approximate surface area is 120 Å². The van der Waals surface area contributed by atoms with Gasteiger partial charge >= 0.3 is 0 Å². The number of nitro benzene ring substituents is 1. The highest BCUT2D eigenvalue weighted by Crippen LogP contribution is 2.29. The Bertz CT molecular complexity index is 630. The van der Waals surface area contributed by atoms with Crippen molar-refractivity contribution in [1.29, 1.82) is 0 Å². The van der Waals surface area contributed by atoms with E-state index < -0.39 is 24.6 Å². The first-order chi connectivity index (χ1) is 9.25. The maximum atomic E-state index is 11.5. The number of nitrogens with one attached hydrogen (secondary N) is 1. The molecule has 1 N–H and O–H groups in total. The van der Waals surface area contributed by atoms with Crippen LogP contribution in [0.2, 0.25) is 0 Å². The molecule has 0 fully saturated rings. The number of anilines is 1. The number of carbonyl (C=O) groups is 1. The number of carbonyl (C=O) groups excluding carboxylic acids is 1. The molecular formula is C11H13ClN2O5S. The second-order valence-corrected chi connectivity index (χ2v) is 6.59. The number of hydrogen-bond acceptors (Lipinski definition) is 5. The van der Waals surface area contributed by atoms with Crippen molar-refractivity contribution in [3.63, 3.8) is 0 Å². The van der Waals surface area contributed by atoms with Crippen LogP contribution in [-0.4, -0.2) is 19.2 Å². The lowest BCUT2D eigenvalue weighted by atomic mass is 10.2. The molecule has 0 aliphatic heterocycles. The molecule has 0 bridgehead atoms. The van der Waals surface area contributed by atoms with Gasteiger partial charge in [-0.15, -0.1) is 0 Å². The lowest BCUT2D eigenvalue weighted by Crippen LogP contribution is -2.12. The van der Waals surface area contributed by atoms with Gasteiger partial charge in [0.15, 0.2) is 0 Å². The van der Waals surface area contributed by atoms with Gasteiger partial charge in [-0.25, -0.2) is 8.42 Å². The van der Waals surface area contributed by atoms with E-state index in [-0.39, 0.29) is 18.0 Å². The predicted molar refractivity (Wildman–Crippen MR) is 74.3 cm³/mol. The van der Waals surface area contributed by atoms with E-state index in [1.165, 1.54) is 0 Å². The van der Waals surface area contributed by atoms with Crippen molar-refractivity contribution in [3.05, 3.63) is 28.3 Å². The zero-order valence-electron chi connectivity index (χ0n) is 10.6. The fourth-order valence-corrected chi connectivity index (χ4v) is 2.24. The summed E-state index contributed by atoms with van der Waals surface area (Å²) in [5.41, 5.74) is -0.572. The minimum absolute atomic E-state index is 0.0554. The fraction of sp³-hybridized carbons (Fsp3) is 0.364. The van der Waals surface area contributed by atoms with E-state index in [2.05, 4.69) is 5.32 Å². The minimum Gasteiger partial charge on any atom is -0.320 e. The van der Waals surface area contributed by atoms with Gasteiger partial charge in [-0.1, -0.05) is 13.3 Å². The molecule has 0 aliphatic rings. The average Bonchev–Trinajstić information content (AvgIpc) is 2.35. The molecule has 0 unspecified atom stereocenters. The molecule has 0 heterocycles. The number of unbranched alkanes of at least 4 members (excludes halogenated alkanes) is 1. The highest BCUT2D eigenvalue weighted by atomic mass is 35.7. The van der Waals surface area contributed by atoms with E-state index in [1.807, 2.05) is 6.92 Å². The number of rotatable bonds is 6. The number of nitro groups is 1. The van der Waals surface area contributed by atoms with Gasteiger partial charge < -0.3 is 5.32 Å². The highest BCUT2D eigenvalue weighted by molar-refractivity contribution is 8.13.